The first kappa shape index (κ1) is 12.3. The summed E-state index contributed by atoms with van der Waals surface area (Å²) in [4.78, 5) is 16.0. The number of carbonyl (C=O) groups is 1. The van der Waals surface area contributed by atoms with Crippen LogP contribution in [0, 0.1) is 5.41 Å². The minimum atomic E-state index is -0.695. The van der Waals surface area contributed by atoms with Crippen molar-refractivity contribution in [3.05, 3.63) is 23.5 Å². The fourth-order valence-electron chi connectivity index (χ4n) is 1.65. The number of amides is 1. The van der Waals surface area contributed by atoms with E-state index in [-0.39, 0.29) is 11.9 Å². The molecule has 2 heterocycles. The number of nitrogens with one attached hydrogen (secondary N) is 1. The molecule has 3 N–H and O–H groups in total. The van der Waals surface area contributed by atoms with Crippen LogP contribution >= 0.6 is 11.6 Å². The smallest absolute Gasteiger partial charge is 0.234 e. The monoisotopic (exact) mass is 255 g/mol. The van der Waals surface area contributed by atoms with Gasteiger partial charge in [0.15, 0.2) is 0 Å². The number of halogens is 1. The highest BCUT2D eigenvalue weighted by Crippen LogP contribution is 2.28. The molecule has 1 fully saturated rings. The molecule has 0 bridgehead atoms. The van der Waals surface area contributed by atoms with Gasteiger partial charge in [-0.3, -0.25) is 4.79 Å². The zero-order valence-corrected chi connectivity index (χ0v) is 10.2. The lowest BCUT2D eigenvalue weighted by Crippen LogP contribution is -2.47. The summed E-state index contributed by atoms with van der Waals surface area (Å²) >= 11 is 5.66. The number of hydrogen-bond acceptors (Lipinski definition) is 4. The van der Waals surface area contributed by atoms with E-state index in [1.165, 1.54) is 6.20 Å². The first-order valence-electron chi connectivity index (χ1n) is 5.29. The summed E-state index contributed by atoms with van der Waals surface area (Å²) in [6.07, 6.45) is 1.50. The zero-order chi connectivity index (χ0) is 12.5. The number of hydrogen-bond donors (Lipinski definition) is 2. The van der Waals surface area contributed by atoms with Crippen LogP contribution in [0.1, 0.15) is 6.92 Å². The van der Waals surface area contributed by atoms with E-state index in [9.17, 15) is 4.79 Å². The summed E-state index contributed by atoms with van der Waals surface area (Å²) in [5.74, 6) is -0.161. The lowest BCUT2D eigenvalue weighted by Gasteiger charge is -2.25. The van der Waals surface area contributed by atoms with Gasteiger partial charge >= 0.3 is 0 Å². The van der Waals surface area contributed by atoms with Crippen molar-refractivity contribution in [1.82, 2.24) is 4.98 Å². The van der Waals surface area contributed by atoms with Crippen molar-refractivity contribution in [3.63, 3.8) is 0 Å². The lowest BCUT2D eigenvalue weighted by atomic mass is 9.85. The predicted octanol–water partition coefficient (Wildman–Crippen LogP) is 1.04. The molecule has 2 unspecified atom stereocenters. The molecule has 1 aromatic rings. The molecule has 0 spiro atoms. The lowest BCUT2D eigenvalue weighted by molar-refractivity contribution is -0.125. The molecule has 0 saturated carbocycles. The Hall–Kier alpha value is -1.17. The molecule has 1 aliphatic heterocycles. The Morgan fingerprint density at radius 2 is 2.47 bits per heavy atom. The summed E-state index contributed by atoms with van der Waals surface area (Å²) in [5, 5.41) is 3.15. The van der Waals surface area contributed by atoms with E-state index in [1.807, 2.05) is 0 Å². The van der Waals surface area contributed by atoms with Crippen LogP contribution in [0.5, 0.6) is 0 Å². The highest BCUT2D eigenvalue weighted by atomic mass is 35.5. The topological polar surface area (TPSA) is 77.2 Å². The fraction of sp³-hybridized carbons (Fsp3) is 0.455. The maximum absolute atomic E-state index is 12.1. The third-order valence-electron chi connectivity index (χ3n) is 3.02. The van der Waals surface area contributed by atoms with Crippen molar-refractivity contribution in [3.8, 4) is 0 Å². The van der Waals surface area contributed by atoms with Gasteiger partial charge in [0.05, 0.1) is 30.5 Å². The molecule has 2 rings (SSSR count). The zero-order valence-electron chi connectivity index (χ0n) is 9.44. The van der Waals surface area contributed by atoms with E-state index in [2.05, 4.69) is 10.3 Å². The average Bonchev–Trinajstić information content (AvgIpc) is 2.64. The highest BCUT2D eigenvalue weighted by Gasteiger charge is 2.44. The SMILES string of the molecule is CC1(C(=O)Nc2ccc(Cl)nc2)COCC1N. The summed E-state index contributed by atoms with van der Waals surface area (Å²) in [7, 11) is 0. The molecule has 1 aromatic heterocycles. The van der Waals surface area contributed by atoms with Gasteiger partial charge in [0.2, 0.25) is 5.91 Å². The minimum absolute atomic E-state index is 0.161. The van der Waals surface area contributed by atoms with Crippen molar-refractivity contribution in [2.24, 2.45) is 11.1 Å². The number of ether oxygens (including phenoxy) is 1. The third-order valence-corrected chi connectivity index (χ3v) is 3.25. The Kier molecular flexibility index (Phi) is 3.33. The Labute approximate surface area is 104 Å². The van der Waals surface area contributed by atoms with Crippen LogP contribution in [0.25, 0.3) is 0 Å². The first-order chi connectivity index (χ1) is 8.02. The maximum Gasteiger partial charge on any atom is 0.234 e. The van der Waals surface area contributed by atoms with Crippen molar-refractivity contribution in [2.45, 2.75) is 13.0 Å². The second-order valence-electron chi connectivity index (χ2n) is 4.36. The molecular formula is C11H14ClN3O2. The van der Waals surface area contributed by atoms with Crippen LogP contribution < -0.4 is 11.1 Å². The molecule has 17 heavy (non-hydrogen) atoms. The van der Waals surface area contributed by atoms with Crippen LogP contribution in [0.3, 0.4) is 0 Å². The third kappa shape index (κ3) is 2.41. The van der Waals surface area contributed by atoms with Crippen LogP contribution in [0.15, 0.2) is 18.3 Å². The van der Waals surface area contributed by atoms with Gasteiger partial charge in [0, 0.05) is 6.04 Å². The van der Waals surface area contributed by atoms with Gasteiger partial charge in [-0.15, -0.1) is 0 Å². The maximum atomic E-state index is 12.1. The minimum Gasteiger partial charge on any atom is -0.379 e. The largest absolute Gasteiger partial charge is 0.379 e. The standard InChI is InChI=1S/C11H14ClN3O2/c1-11(6-17-5-8(11)13)10(16)15-7-2-3-9(12)14-4-7/h2-4,8H,5-6,13H2,1H3,(H,15,16). The van der Waals surface area contributed by atoms with Gasteiger partial charge < -0.3 is 15.8 Å². The van der Waals surface area contributed by atoms with E-state index in [0.29, 0.717) is 24.1 Å². The van der Waals surface area contributed by atoms with Crippen molar-refractivity contribution in [2.75, 3.05) is 18.5 Å². The summed E-state index contributed by atoms with van der Waals surface area (Å²) in [6.45, 7) is 2.53. The molecule has 0 radical (unpaired) electrons. The molecule has 0 aromatic carbocycles. The van der Waals surface area contributed by atoms with E-state index in [4.69, 9.17) is 22.1 Å². The summed E-state index contributed by atoms with van der Waals surface area (Å²) < 4.78 is 5.23. The Morgan fingerprint density at radius 3 is 3.00 bits per heavy atom. The molecule has 1 aliphatic rings. The number of nitrogens with zero attached hydrogens (tertiary/aromatic N) is 1. The van der Waals surface area contributed by atoms with Gasteiger partial charge in [-0.25, -0.2) is 4.98 Å². The number of carbonyl (C=O) groups excluding carboxylic acids is 1. The molecule has 0 aliphatic carbocycles. The van der Waals surface area contributed by atoms with Crippen LogP contribution in [-0.2, 0) is 9.53 Å². The fourth-order valence-corrected chi connectivity index (χ4v) is 1.76. The number of anilines is 1. The van der Waals surface area contributed by atoms with E-state index < -0.39 is 5.41 Å². The van der Waals surface area contributed by atoms with E-state index in [1.54, 1.807) is 19.1 Å². The summed E-state index contributed by atoms with van der Waals surface area (Å²) in [5.41, 5.74) is 5.77. The summed E-state index contributed by atoms with van der Waals surface area (Å²) in [6, 6.07) is 3.02. The van der Waals surface area contributed by atoms with Gasteiger partial charge in [0.25, 0.3) is 0 Å². The van der Waals surface area contributed by atoms with E-state index in [0.717, 1.165) is 0 Å². The number of pyridine rings is 1. The first-order valence-corrected chi connectivity index (χ1v) is 5.66. The number of nitrogens with two attached hydrogens (primary N) is 1. The predicted molar refractivity (Wildman–Crippen MR) is 64.8 cm³/mol. The van der Waals surface area contributed by atoms with Crippen LogP contribution in [0.2, 0.25) is 5.15 Å². The Bertz CT molecular complexity index is 423. The molecule has 5 nitrogen and oxygen atoms in total. The highest BCUT2D eigenvalue weighted by molar-refractivity contribution is 6.29. The molecule has 6 heteroatoms. The van der Waals surface area contributed by atoms with Crippen molar-refractivity contribution >= 4 is 23.2 Å². The molecule has 2 atom stereocenters. The van der Waals surface area contributed by atoms with Crippen LogP contribution in [-0.4, -0.2) is 30.1 Å². The van der Waals surface area contributed by atoms with E-state index >= 15 is 0 Å². The number of aromatic nitrogens is 1. The van der Waals surface area contributed by atoms with Crippen LogP contribution in [0.4, 0.5) is 5.69 Å². The Morgan fingerprint density at radius 1 is 1.71 bits per heavy atom. The van der Waals surface area contributed by atoms with Gasteiger partial charge in [-0.05, 0) is 19.1 Å². The molecular weight excluding hydrogens is 242 g/mol. The second-order valence-corrected chi connectivity index (χ2v) is 4.75. The normalized spacial score (nSPS) is 28.1. The molecule has 1 saturated heterocycles. The number of rotatable bonds is 2. The Balaban J connectivity index is 2.09. The molecule has 1 amide bonds. The van der Waals surface area contributed by atoms with Gasteiger partial charge in [-0.1, -0.05) is 11.6 Å². The van der Waals surface area contributed by atoms with Crippen molar-refractivity contribution < 1.29 is 9.53 Å². The quantitative estimate of drug-likeness (QED) is 0.774. The molecule has 92 valence electrons. The second kappa shape index (κ2) is 4.60. The van der Waals surface area contributed by atoms with Crippen molar-refractivity contribution in [1.29, 1.82) is 0 Å². The average molecular weight is 256 g/mol. The van der Waals surface area contributed by atoms with Gasteiger partial charge in [0.1, 0.15) is 5.15 Å². The van der Waals surface area contributed by atoms with Gasteiger partial charge in [-0.2, -0.15) is 0 Å².